The number of aromatic nitrogens is 1. The summed E-state index contributed by atoms with van der Waals surface area (Å²) in [7, 11) is 0. The van der Waals surface area contributed by atoms with Crippen molar-refractivity contribution < 1.29 is 9.90 Å². The molecule has 0 aliphatic carbocycles. The van der Waals surface area contributed by atoms with Crippen LogP contribution < -0.4 is 10.6 Å². The first-order chi connectivity index (χ1) is 7.70. The third-order valence-corrected chi connectivity index (χ3v) is 2.83. The Kier molecular flexibility index (Phi) is 3.17. The van der Waals surface area contributed by atoms with Gasteiger partial charge in [0, 0.05) is 32.0 Å². The molecule has 1 aliphatic heterocycles. The molecular weight excluding hydrogens is 206 g/mol. The number of rotatable bonds is 5. The lowest BCUT2D eigenvalue weighted by Gasteiger charge is -2.42. The summed E-state index contributed by atoms with van der Waals surface area (Å²) in [5.74, 6) is -0.760. The zero-order valence-corrected chi connectivity index (χ0v) is 8.94. The second-order valence-corrected chi connectivity index (χ2v) is 4.16. The number of carbonyl (C=O) groups is 1. The van der Waals surface area contributed by atoms with Crippen molar-refractivity contribution in [3.63, 3.8) is 0 Å². The summed E-state index contributed by atoms with van der Waals surface area (Å²) in [5.41, 5.74) is 0.835. The second kappa shape index (κ2) is 4.59. The Hall–Kier alpha value is -1.46. The molecule has 0 bridgehead atoms. The number of aliphatic carboxylic acids is 1. The van der Waals surface area contributed by atoms with E-state index in [9.17, 15) is 4.79 Å². The maximum Gasteiger partial charge on any atom is 0.305 e. The van der Waals surface area contributed by atoms with E-state index in [0.717, 1.165) is 5.56 Å². The van der Waals surface area contributed by atoms with Crippen molar-refractivity contribution in [1.82, 2.24) is 15.6 Å². The van der Waals surface area contributed by atoms with Crippen LogP contribution in [0.1, 0.15) is 12.0 Å². The molecular formula is C11H15N3O2. The Morgan fingerprint density at radius 3 is 2.69 bits per heavy atom. The average Bonchev–Trinajstić information content (AvgIpc) is 2.23. The molecule has 5 nitrogen and oxygen atoms in total. The van der Waals surface area contributed by atoms with E-state index in [1.807, 2.05) is 12.1 Å². The largest absolute Gasteiger partial charge is 0.481 e. The van der Waals surface area contributed by atoms with Crippen molar-refractivity contribution in [3.05, 3.63) is 30.1 Å². The number of hydrogen-bond acceptors (Lipinski definition) is 4. The van der Waals surface area contributed by atoms with Crippen LogP contribution in [0.3, 0.4) is 0 Å². The molecule has 0 unspecified atom stereocenters. The fraction of sp³-hybridized carbons (Fsp3) is 0.455. The molecule has 0 amide bonds. The van der Waals surface area contributed by atoms with Gasteiger partial charge in [-0.3, -0.25) is 9.78 Å². The first kappa shape index (κ1) is 11.0. The van der Waals surface area contributed by atoms with Crippen LogP contribution in [0.25, 0.3) is 0 Å². The highest BCUT2D eigenvalue weighted by Crippen LogP contribution is 2.16. The van der Waals surface area contributed by atoms with Gasteiger partial charge in [-0.05, 0) is 17.7 Å². The normalized spacial score (nSPS) is 17.8. The van der Waals surface area contributed by atoms with Gasteiger partial charge >= 0.3 is 5.97 Å². The van der Waals surface area contributed by atoms with Gasteiger partial charge in [0.15, 0.2) is 0 Å². The lowest BCUT2D eigenvalue weighted by atomic mass is 9.88. The van der Waals surface area contributed by atoms with Gasteiger partial charge in [-0.15, -0.1) is 0 Å². The zero-order chi connectivity index (χ0) is 11.4. The van der Waals surface area contributed by atoms with E-state index in [2.05, 4.69) is 15.6 Å². The van der Waals surface area contributed by atoms with E-state index < -0.39 is 5.97 Å². The van der Waals surface area contributed by atoms with E-state index in [1.165, 1.54) is 0 Å². The number of pyridine rings is 1. The molecule has 0 aromatic carbocycles. The van der Waals surface area contributed by atoms with Gasteiger partial charge in [0.2, 0.25) is 0 Å². The monoisotopic (exact) mass is 221 g/mol. The Balaban J connectivity index is 1.90. The van der Waals surface area contributed by atoms with Gasteiger partial charge in [0.1, 0.15) is 0 Å². The molecule has 1 fully saturated rings. The van der Waals surface area contributed by atoms with Crippen molar-refractivity contribution in [2.24, 2.45) is 0 Å². The molecule has 1 aromatic rings. The lowest BCUT2D eigenvalue weighted by Crippen LogP contribution is -2.68. The number of carboxylic acids is 1. The Labute approximate surface area is 93.9 Å². The van der Waals surface area contributed by atoms with Gasteiger partial charge in [0.25, 0.3) is 0 Å². The standard InChI is InChI=1S/C11H15N3O2/c15-10(16)5-11(7-13-8-11)14-6-9-1-3-12-4-2-9/h1-4,13-14H,5-8H2,(H,15,16). The number of nitrogens with one attached hydrogen (secondary N) is 2. The average molecular weight is 221 g/mol. The van der Waals surface area contributed by atoms with Crippen LogP contribution in [0.5, 0.6) is 0 Å². The van der Waals surface area contributed by atoms with Crippen LogP contribution in [0, 0.1) is 0 Å². The van der Waals surface area contributed by atoms with E-state index >= 15 is 0 Å². The SMILES string of the molecule is O=C(O)CC1(NCc2ccncc2)CNC1. The quantitative estimate of drug-likeness (QED) is 0.652. The fourth-order valence-corrected chi connectivity index (χ4v) is 1.82. The molecule has 2 rings (SSSR count). The Bertz CT molecular complexity index is 363. The van der Waals surface area contributed by atoms with Crippen LogP contribution in [0.15, 0.2) is 24.5 Å². The first-order valence-electron chi connectivity index (χ1n) is 5.27. The van der Waals surface area contributed by atoms with Gasteiger partial charge in [-0.2, -0.15) is 0 Å². The first-order valence-corrected chi connectivity index (χ1v) is 5.27. The van der Waals surface area contributed by atoms with E-state index in [0.29, 0.717) is 19.6 Å². The second-order valence-electron chi connectivity index (χ2n) is 4.16. The third-order valence-electron chi connectivity index (χ3n) is 2.83. The highest BCUT2D eigenvalue weighted by Gasteiger charge is 2.38. The van der Waals surface area contributed by atoms with Gasteiger partial charge in [-0.1, -0.05) is 0 Å². The number of nitrogens with zero attached hydrogens (tertiary/aromatic N) is 1. The molecule has 16 heavy (non-hydrogen) atoms. The predicted molar refractivity (Wildman–Crippen MR) is 58.9 cm³/mol. The van der Waals surface area contributed by atoms with Gasteiger partial charge < -0.3 is 15.7 Å². The maximum atomic E-state index is 10.7. The lowest BCUT2D eigenvalue weighted by molar-refractivity contribution is -0.139. The molecule has 1 saturated heterocycles. The maximum absolute atomic E-state index is 10.7. The van der Waals surface area contributed by atoms with Crippen LogP contribution in [0.4, 0.5) is 0 Å². The fourth-order valence-electron chi connectivity index (χ4n) is 1.82. The summed E-state index contributed by atoms with van der Waals surface area (Å²) in [6.07, 6.45) is 3.63. The minimum Gasteiger partial charge on any atom is -0.481 e. The van der Waals surface area contributed by atoms with Crippen molar-refractivity contribution in [3.8, 4) is 0 Å². The van der Waals surface area contributed by atoms with Gasteiger partial charge in [-0.25, -0.2) is 0 Å². The molecule has 1 aromatic heterocycles. The Morgan fingerprint density at radius 1 is 1.50 bits per heavy atom. The Morgan fingerprint density at radius 2 is 2.19 bits per heavy atom. The van der Waals surface area contributed by atoms with Crippen LogP contribution >= 0.6 is 0 Å². The zero-order valence-electron chi connectivity index (χ0n) is 8.94. The summed E-state index contributed by atoms with van der Waals surface area (Å²) in [5, 5.41) is 15.2. The van der Waals surface area contributed by atoms with E-state index in [-0.39, 0.29) is 12.0 Å². The van der Waals surface area contributed by atoms with Crippen molar-refractivity contribution in [2.45, 2.75) is 18.5 Å². The van der Waals surface area contributed by atoms with Gasteiger partial charge in [0.05, 0.1) is 12.0 Å². The van der Waals surface area contributed by atoms with Crippen LogP contribution in [0.2, 0.25) is 0 Å². The minimum atomic E-state index is -0.760. The summed E-state index contributed by atoms with van der Waals surface area (Å²) < 4.78 is 0. The van der Waals surface area contributed by atoms with Crippen molar-refractivity contribution in [2.75, 3.05) is 13.1 Å². The minimum absolute atomic E-state index is 0.158. The molecule has 86 valence electrons. The molecule has 3 N–H and O–H groups in total. The number of carboxylic acid groups (broad SMARTS) is 1. The molecule has 0 radical (unpaired) electrons. The molecule has 5 heteroatoms. The van der Waals surface area contributed by atoms with E-state index in [4.69, 9.17) is 5.11 Å². The van der Waals surface area contributed by atoms with Crippen LogP contribution in [-0.4, -0.2) is 34.7 Å². The molecule has 0 atom stereocenters. The number of hydrogen-bond donors (Lipinski definition) is 3. The summed E-state index contributed by atoms with van der Waals surface area (Å²) >= 11 is 0. The molecule has 1 aliphatic rings. The van der Waals surface area contributed by atoms with E-state index in [1.54, 1.807) is 12.4 Å². The molecule has 2 heterocycles. The topological polar surface area (TPSA) is 74.2 Å². The highest BCUT2D eigenvalue weighted by molar-refractivity contribution is 5.68. The summed E-state index contributed by atoms with van der Waals surface area (Å²) in [6, 6.07) is 3.85. The predicted octanol–water partition coefficient (Wildman–Crippen LogP) is -0.0121. The van der Waals surface area contributed by atoms with Crippen molar-refractivity contribution >= 4 is 5.97 Å². The third kappa shape index (κ3) is 2.56. The molecule has 0 spiro atoms. The smallest absolute Gasteiger partial charge is 0.305 e. The summed E-state index contributed by atoms with van der Waals surface area (Å²) in [4.78, 5) is 14.7. The van der Waals surface area contributed by atoms with Crippen molar-refractivity contribution in [1.29, 1.82) is 0 Å². The van der Waals surface area contributed by atoms with Crippen LogP contribution in [-0.2, 0) is 11.3 Å². The molecule has 0 saturated carbocycles. The highest BCUT2D eigenvalue weighted by atomic mass is 16.4. The summed E-state index contributed by atoms with van der Waals surface area (Å²) in [6.45, 7) is 2.10.